The van der Waals surface area contributed by atoms with Crippen LogP contribution in [0.2, 0.25) is 0 Å². The van der Waals surface area contributed by atoms with Gasteiger partial charge in [0.2, 0.25) is 0 Å². The molecule has 2 N–H and O–H groups in total. The number of benzene rings is 3. The molecule has 0 fully saturated rings. The van der Waals surface area contributed by atoms with Crippen LogP contribution in [0.5, 0.6) is 17.2 Å². The normalized spacial score (nSPS) is 9.92. The molecule has 2 amide bonds. The summed E-state index contributed by atoms with van der Waals surface area (Å²) in [5.41, 5.74) is 1.42. The third kappa shape index (κ3) is 6.98. The second-order valence-corrected chi connectivity index (χ2v) is 7.22. The number of amides is 2. The predicted octanol–water partition coefficient (Wildman–Crippen LogP) is 3.39. The number of para-hydroxylation sites is 2. The summed E-state index contributed by atoms with van der Waals surface area (Å²) in [6.45, 7) is -0.843. The monoisotopic (exact) mass is 489 g/mol. The van der Waals surface area contributed by atoms with Gasteiger partial charge in [-0.25, -0.2) is 4.79 Å². The number of carbonyl (C=O) groups excluding carboxylic acids is 3. The Hall–Kier alpha value is -5.04. The fourth-order valence-electron chi connectivity index (χ4n) is 3.07. The van der Waals surface area contributed by atoms with Gasteiger partial charge in [-0.15, -0.1) is 0 Å². The second kappa shape index (κ2) is 12.4. The van der Waals surface area contributed by atoms with Crippen LogP contribution >= 0.6 is 0 Å². The van der Waals surface area contributed by atoms with E-state index < -0.39 is 24.4 Å². The fraction of sp³-hybridized carbons (Fsp3) is 0.154. The summed E-state index contributed by atoms with van der Waals surface area (Å²) >= 11 is 0. The van der Waals surface area contributed by atoms with Crippen molar-refractivity contribution in [2.45, 2.75) is 0 Å². The van der Waals surface area contributed by atoms with Gasteiger partial charge in [0, 0.05) is 5.69 Å². The first kappa shape index (κ1) is 25.6. The van der Waals surface area contributed by atoms with Crippen molar-refractivity contribution in [3.8, 4) is 23.3 Å². The van der Waals surface area contributed by atoms with E-state index in [2.05, 4.69) is 10.6 Å². The van der Waals surface area contributed by atoms with E-state index in [1.165, 1.54) is 38.5 Å². The molecule has 0 aliphatic carbocycles. The van der Waals surface area contributed by atoms with Crippen LogP contribution in [-0.4, -0.2) is 45.2 Å². The van der Waals surface area contributed by atoms with Gasteiger partial charge in [-0.2, -0.15) is 5.26 Å². The van der Waals surface area contributed by atoms with Crippen molar-refractivity contribution in [3.05, 3.63) is 77.9 Å². The molecule has 0 heterocycles. The Morgan fingerprint density at radius 2 is 1.56 bits per heavy atom. The number of ether oxygens (including phenoxy) is 4. The minimum atomic E-state index is -0.755. The molecule has 10 heteroatoms. The summed E-state index contributed by atoms with van der Waals surface area (Å²) in [6, 6.07) is 19.5. The highest BCUT2D eigenvalue weighted by Crippen LogP contribution is 2.29. The second-order valence-electron chi connectivity index (χ2n) is 7.22. The molecule has 0 aliphatic rings. The van der Waals surface area contributed by atoms with Gasteiger partial charge >= 0.3 is 5.97 Å². The van der Waals surface area contributed by atoms with Crippen LogP contribution in [0.25, 0.3) is 0 Å². The van der Waals surface area contributed by atoms with E-state index in [-0.39, 0.29) is 23.7 Å². The third-order valence-electron chi connectivity index (χ3n) is 4.75. The van der Waals surface area contributed by atoms with Crippen molar-refractivity contribution in [2.75, 3.05) is 38.1 Å². The van der Waals surface area contributed by atoms with Crippen LogP contribution in [0.3, 0.4) is 0 Å². The quantitative estimate of drug-likeness (QED) is 0.414. The standard InChI is InChI=1S/C26H23N3O7/c1-33-21-9-4-3-8-20(21)29-25(31)15-35-22-11-10-18(13-23(22)34-2)26(32)36-16-24(30)28-19-7-5-6-17(12-19)14-27/h3-13H,15-16H2,1-2H3,(H,28,30)(H,29,31). The van der Waals surface area contributed by atoms with Crippen LogP contribution < -0.4 is 24.8 Å². The van der Waals surface area contributed by atoms with Gasteiger partial charge in [0.1, 0.15) is 5.75 Å². The van der Waals surface area contributed by atoms with Crippen LogP contribution in [0.15, 0.2) is 66.7 Å². The SMILES string of the molecule is COc1ccccc1NC(=O)COc1ccc(C(=O)OCC(=O)Nc2cccc(C#N)c2)cc1OC. The zero-order valence-corrected chi connectivity index (χ0v) is 19.6. The van der Waals surface area contributed by atoms with Gasteiger partial charge in [0.05, 0.1) is 37.1 Å². The van der Waals surface area contributed by atoms with E-state index in [1.54, 1.807) is 42.5 Å². The third-order valence-corrected chi connectivity index (χ3v) is 4.75. The molecule has 0 aromatic heterocycles. The van der Waals surface area contributed by atoms with Crippen molar-refractivity contribution >= 4 is 29.2 Å². The largest absolute Gasteiger partial charge is 0.495 e. The minimum Gasteiger partial charge on any atom is -0.495 e. The molecular weight excluding hydrogens is 466 g/mol. The Bertz CT molecular complexity index is 1300. The van der Waals surface area contributed by atoms with E-state index in [0.717, 1.165) is 0 Å². The molecule has 3 aromatic rings. The summed E-state index contributed by atoms with van der Waals surface area (Å²) in [6.07, 6.45) is 0. The van der Waals surface area contributed by atoms with Gasteiger partial charge in [-0.1, -0.05) is 18.2 Å². The van der Waals surface area contributed by atoms with E-state index in [0.29, 0.717) is 22.7 Å². The van der Waals surface area contributed by atoms with E-state index >= 15 is 0 Å². The summed E-state index contributed by atoms with van der Waals surface area (Å²) in [7, 11) is 2.88. The molecule has 0 saturated heterocycles. The lowest BCUT2D eigenvalue weighted by atomic mass is 10.2. The molecule has 0 radical (unpaired) electrons. The highest BCUT2D eigenvalue weighted by molar-refractivity contribution is 5.96. The zero-order valence-electron chi connectivity index (χ0n) is 19.6. The Morgan fingerprint density at radius 1 is 0.806 bits per heavy atom. The zero-order chi connectivity index (χ0) is 25.9. The molecule has 184 valence electrons. The van der Waals surface area contributed by atoms with Crippen LogP contribution in [0.1, 0.15) is 15.9 Å². The van der Waals surface area contributed by atoms with Crippen molar-refractivity contribution in [3.63, 3.8) is 0 Å². The van der Waals surface area contributed by atoms with Gasteiger partial charge in [0.25, 0.3) is 11.8 Å². The van der Waals surface area contributed by atoms with E-state index in [9.17, 15) is 14.4 Å². The number of esters is 1. The maximum atomic E-state index is 12.4. The van der Waals surface area contributed by atoms with Gasteiger partial charge in [0.15, 0.2) is 24.7 Å². The van der Waals surface area contributed by atoms with Crippen molar-refractivity contribution < 1.29 is 33.3 Å². The summed E-state index contributed by atoms with van der Waals surface area (Å²) < 4.78 is 21.1. The first-order chi connectivity index (χ1) is 17.4. The lowest BCUT2D eigenvalue weighted by Crippen LogP contribution is -2.21. The number of nitrogens with zero attached hydrogens (tertiary/aromatic N) is 1. The molecule has 0 saturated carbocycles. The molecule has 0 unspecified atom stereocenters. The summed E-state index contributed by atoms with van der Waals surface area (Å²) in [4.78, 5) is 36.8. The lowest BCUT2D eigenvalue weighted by Gasteiger charge is -2.13. The number of carbonyl (C=O) groups is 3. The number of rotatable bonds is 10. The average Bonchev–Trinajstić information content (AvgIpc) is 2.90. The number of hydrogen-bond acceptors (Lipinski definition) is 8. The molecular formula is C26H23N3O7. The van der Waals surface area contributed by atoms with Crippen LogP contribution in [-0.2, 0) is 14.3 Å². The van der Waals surface area contributed by atoms with Gasteiger partial charge in [-0.3, -0.25) is 9.59 Å². The topological polar surface area (TPSA) is 136 Å². The molecule has 0 atom stereocenters. The summed E-state index contributed by atoms with van der Waals surface area (Å²) in [5, 5.41) is 14.2. The van der Waals surface area contributed by atoms with Crippen LogP contribution in [0, 0.1) is 11.3 Å². The molecule has 3 rings (SSSR count). The van der Waals surface area contributed by atoms with Crippen molar-refractivity contribution in [1.29, 1.82) is 5.26 Å². The molecule has 0 bridgehead atoms. The first-order valence-electron chi connectivity index (χ1n) is 10.6. The average molecular weight is 489 g/mol. The number of nitrogens with one attached hydrogen (secondary N) is 2. The maximum absolute atomic E-state index is 12.4. The lowest BCUT2D eigenvalue weighted by molar-refractivity contribution is -0.119. The Labute approximate surface area is 207 Å². The number of methoxy groups -OCH3 is 2. The first-order valence-corrected chi connectivity index (χ1v) is 10.6. The number of anilines is 2. The molecule has 3 aromatic carbocycles. The Kier molecular flexibility index (Phi) is 8.83. The molecule has 0 spiro atoms. The van der Waals surface area contributed by atoms with Crippen molar-refractivity contribution in [2.24, 2.45) is 0 Å². The van der Waals surface area contributed by atoms with Gasteiger partial charge < -0.3 is 29.6 Å². The summed E-state index contributed by atoms with van der Waals surface area (Å²) in [5.74, 6) is -0.792. The molecule has 36 heavy (non-hydrogen) atoms. The fourth-order valence-corrected chi connectivity index (χ4v) is 3.07. The Balaban J connectivity index is 1.54. The van der Waals surface area contributed by atoms with E-state index in [4.69, 9.17) is 24.2 Å². The predicted molar refractivity (Wildman–Crippen MR) is 130 cm³/mol. The van der Waals surface area contributed by atoms with Crippen LogP contribution in [0.4, 0.5) is 11.4 Å². The highest BCUT2D eigenvalue weighted by atomic mass is 16.5. The maximum Gasteiger partial charge on any atom is 0.338 e. The van der Waals surface area contributed by atoms with Crippen molar-refractivity contribution in [1.82, 2.24) is 0 Å². The smallest absolute Gasteiger partial charge is 0.338 e. The minimum absolute atomic E-state index is 0.122. The van der Waals surface area contributed by atoms with E-state index in [1.807, 2.05) is 6.07 Å². The van der Waals surface area contributed by atoms with Gasteiger partial charge in [-0.05, 0) is 48.5 Å². The number of hydrogen-bond donors (Lipinski definition) is 2. The molecule has 0 aliphatic heterocycles. The number of nitriles is 1. The highest BCUT2D eigenvalue weighted by Gasteiger charge is 2.16. The molecule has 10 nitrogen and oxygen atoms in total. The Morgan fingerprint density at radius 3 is 2.31 bits per heavy atom.